The maximum absolute atomic E-state index is 11.9. The van der Waals surface area contributed by atoms with Gasteiger partial charge >= 0.3 is 6.18 Å². The smallest absolute Gasteiger partial charge is 0.405 e. The lowest BCUT2D eigenvalue weighted by atomic mass is 10.1. The van der Waals surface area contributed by atoms with Crippen molar-refractivity contribution in [1.29, 1.82) is 0 Å². The normalized spacial score (nSPS) is 15.0. The third-order valence-electron chi connectivity index (χ3n) is 2.48. The number of amides is 1. The molecular formula is C12H17F3N2O2. The lowest BCUT2D eigenvalue weighted by Gasteiger charge is -2.19. The Labute approximate surface area is 109 Å². The largest absolute Gasteiger partial charge is 0.469 e. The molecule has 0 saturated heterocycles. The first-order valence-electron chi connectivity index (χ1n) is 5.91. The molecule has 1 aromatic rings. The van der Waals surface area contributed by atoms with Gasteiger partial charge in [0.15, 0.2) is 0 Å². The first kappa shape index (κ1) is 15.6. The number of carbonyl (C=O) groups excluding carboxylic acids is 1. The van der Waals surface area contributed by atoms with Crippen LogP contribution in [0.3, 0.4) is 0 Å². The Morgan fingerprint density at radius 1 is 1.42 bits per heavy atom. The average Bonchev–Trinajstić information content (AvgIpc) is 2.77. The Morgan fingerprint density at radius 3 is 2.63 bits per heavy atom. The van der Waals surface area contributed by atoms with Gasteiger partial charge in [0.1, 0.15) is 12.3 Å². The summed E-state index contributed by atoms with van der Waals surface area (Å²) in [7, 11) is 0. The quantitative estimate of drug-likeness (QED) is 0.835. The third kappa shape index (κ3) is 6.28. The second-order valence-corrected chi connectivity index (χ2v) is 4.41. The van der Waals surface area contributed by atoms with Gasteiger partial charge < -0.3 is 15.1 Å². The van der Waals surface area contributed by atoms with Gasteiger partial charge in [-0.05, 0) is 26.0 Å². The number of nitrogens with one attached hydrogen (secondary N) is 2. The molecule has 7 heteroatoms. The summed E-state index contributed by atoms with van der Waals surface area (Å²) in [6.45, 7) is 2.03. The van der Waals surface area contributed by atoms with Crippen LogP contribution in [0, 0.1) is 0 Å². The standard InChI is InChI=1S/C12H17F3N2O2/c1-8(6-10-4-3-5-19-10)17-9(2)11(18)16-7-12(13,14)15/h3-5,8-9,17H,6-7H2,1-2H3,(H,16,18). The highest BCUT2D eigenvalue weighted by Crippen LogP contribution is 2.12. The fraction of sp³-hybridized carbons (Fsp3) is 0.583. The molecule has 2 N–H and O–H groups in total. The summed E-state index contributed by atoms with van der Waals surface area (Å²) in [6, 6.07) is 2.76. The predicted octanol–water partition coefficient (Wildman–Crippen LogP) is 1.87. The first-order chi connectivity index (χ1) is 8.78. The second kappa shape index (κ2) is 6.60. The second-order valence-electron chi connectivity index (χ2n) is 4.41. The zero-order chi connectivity index (χ0) is 14.5. The van der Waals surface area contributed by atoms with Gasteiger partial charge in [0.25, 0.3) is 0 Å². The maximum atomic E-state index is 11.9. The molecule has 0 spiro atoms. The molecule has 1 aromatic heterocycles. The summed E-state index contributed by atoms with van der Waals surface area (Å²) < 4.78 is 41.0. The van der Waals surface area contributed by atoms with Gasteiger partial charge in [0.05, 0.1) is 12.3 Å². The molecule has 0 radical (unpaired) electrons. The molecule has 1 rings (SSSR count). The molecule has 0 aliphatic heterocycles. The Kier molecular flexibility index (Phi) is 5.41. The SMILES string of the molecule is CC(Cc1ccco1)NC(C)C(=O)NCC(F)(F)F. The number of alkyl halides is 3. The summed E-state index contributed by atoms with van der Waals surface area (Å²) >= 11 is 0. The van der Waals surface area contributed by atoms with Crippen LogP contribution in [0.2, 0.25) is 0 Å². The zero-order valence-corrected chi connectivity index (χ0v) is 10.8. The lowest BCUT2D eigenvalue weighted by molar-refractivity contribution is -0.139. The fourth-order valence-corrected chi connectivity index (χ4v) is 1.63. The van der Waals surface area contributed by atoms with E-state index in [0.29, 0.717) is 6.42 Å². The van der Waals surface area contributed by atoms with Crippen LogP contribution in [0.5, 0.6) is 0 Å². The van der Waals surface area contributed by atoms with E-state index in [9.17, 15) is 18.0 Å². The molecular weight excluding hydrogens is 261 g/mol. The fourth-order valence-electron chi connectivity index (χ4n) is 1.63. The molecule has 0 fully saturated rings. The van der Waals surface area contributed by atoms with E-state index in [1.54, 1.807) is 18.4 Å². The maximum Gasteiger partial charge on any atom is 0.405 e. The van der Waals surface area contributed by atoms with E-state index in [1.165, 1.54) is 6.92 Å². The molecule has 0 saturated carbocycles. The number of rotatable bonds is 6. The van der Waals surface area contributed by atoms with Crippen LogP contribution in [-0.4, -0.2) is 30.7 Å². The lowest BCUT2D eigenvalue weighted by Crippen LogP contribution is -2.48. The molecule has 0 bridgehead atoms. The average molecular weight is 278 g/mol. The van der Waals surface area contributed by atoms with Crippen LogP contribution < -0.4 is 10.6 Å². The van der Waals surface area contributed by atoms with Gasteiger partial charge in [-0.3, -0.25) is 4.79 Å². The number of halogens is 3. The number of carbonyl (C=O) groups is 1. The Hall–Kier alpha value is -1.50. The van der Waals surface area contributed by atoms with Crippen molar-refractivity contribution >= 4 is 5.91 Å². The molecule has 4 nitrogen and oxygen atoms in total. The van der Waals surface area contributed by atoms with Crippen molar-refractivity contribution in [2.24, 2.45) is 0 Å². The van der Waals surface area contributed by atoms with Gasteiger partial charge in [0, 0.05) is 12.5 Å². The molecule has 1 heterocycles. The van der Waals surface area contributed by atoms with E-state index in [0.717, 1.165) is 5.76 Å². The summed E-state index contributed by atoms with van der Waals surface area (Å²) in [5.74, 6) is 0.0755. The first-order valence-corrected chi connectivity index (χ1v) is 5.91. The van der Waals surface area contributed by atoms with Crippen LogP contribution in [0.1, 0.15) is 19.6 Å². The van der Waals surface area contributed by atoms with Crippen molar-refractivity contribution in [3.63, 3.8) is 0 Å². The summed E-state index contributed by atoms with van der Waals surface area (Å²) in [6.07, 6.45) is -2.29. The number of furan rings is 1. The van der Waals surface area contributed by atoms with E-state index < -0.39 is 24.7 Å². The Bertz CT molecular complexity index is 390. The zero-order valence-electron chi connectivity index (χ0n) is 10.8. The van der Waals surface area contributed by atoms with E-state index in [1.807, 2.05) is 12.2 Å². The molecule has 0 aliphatic carbocycles. The van der Waals surface area contributed by atoms with Crippen molar-refractivity contribution < 1.29 is 22.4 Å². The number of hydrogen-bond acceptors (Lipinski definition) is 3. The minimum absolute atomic E-state index is 0.0854. The highest BCUT2D eigenvalue weighted by atomic mass is 19.4. The third-order valence-corrected chi connectivity index (χ3v) is 2.48. The molecule has 108 valence electrons. The van der Waals surface area contributed by atoms with Crippen LogP contribution in [-0.2, 0) is 11.2 Å². The van der Waals surface area contributed by atoms with E-state index in [4.69, 9.17) is 4.42 Å². The van der Waals surface area contributed by atoms with Crippen molar-refractivity contribution in [3.8, 4) is 0 Å². The van der Waals surface area contributed by atoms with Crippen LogP contribution in [0.25, 0.3) is 0 Å². The number of hydrogen-bond donors (Lipinski definition) is 2. The summed E-state index contributed by atoms with van der Waals surface area (Å²) in [5, 5.41) is 4.75. The highest BCUT2D eigenvalue weighted by molar-refractivity contribution is 5.81. The molecule has 0 aromatic carbocycles. The summed E-state index contributed by atoms with van der Waals surface area (Å²) in [5.41, 5.74) is 0. The van der Waals surface area contributed by atoms with Crippen molar-refractivity contribution in [2.75, 3.05) is 6.54 Å². The molecule has 2 atom stereocenters. The van der Waals surface area contributed by atoms with Gasteiger partial charge in [-0.25, -0.2) is 0 Å². The van der Waals surface area contributed by atoms with Gasteiger partial charge in [-0.2, -0.15) is 13.2 Å². The molecule has 19 heavy (non-hydrogen) atoms. The van der Waals surface area contributed by atoms with Crippen molar-refractivity contribution in [2.45, 2.75) is 38.5 Å². The van der Waals surface area contributed by atoms with Gasteiger partial charge in [-0.15, -0.1) is 0 Å². The van der Waals surface area contributed by atoms with Gasteiger partial charge in [0.2, 0.25) is 5.91 Å². The minimum atomic E-state index is -4.39. The molecule has 0 aliphatic rings. The van der Waals surface area contributed by atoms with Crippen molar-refractivity contribution in [1.82, 2.24) is 10.6 Å². The van der Waals surface area contributed by atoms with E-state index >= 15 is 0 Å². The van der Waals surface area contributed by atoms with Crippen LogP contribution in [0.15, 0.2) is 22.8 Å². The topological polar surface area (TPSA) is 54.3 Å². The Balaban J connectivity index is 2.33. The van der Waals surface area contributed by atoms with Crippen LogP contribution in [0.4, 0.5) is 13.2 Å². The van der Waals surface area contributed by atoms with Gasteiger partial charge in [-0.1, -0.05) is 0 Å². The monoisotopic (exact) mass is 278 g/mol. The molecule has 1 amide bonds. The minimum Gasteiger partial charge on any atom is -0.469 e. The predicted molar refractivity (Wildman–Crippen MR) is 63.5 cm³/mol. The van der Waals surface area contributed by atoms with E-state index in [2.05, 4.69) is 5.32 Å². The van der Waals surface area contributed by atoms with E-state index in [-0.39, 0.29) is 6.04 Å². The highest BCUT2D eigenvalue weighted by Gasteiger charge is 2.28. The Morgan fingerprint density at radius 2 is 2.11 bits per heavy atom. The summed E-state index contributed by atoms with van der Waals surface area (Å²) in [4.78, 5) is 11.4. The molecule has 2 unspecified atom stereocenters. The van der Waals surface area contributed by atoms with Crippen molar-refractivity contribution in [3.05, 3.63) is 24.2 Å². The van der Waals surface area contributed by atoms with Crippen LogP contribution >= 0.6 is 0 Å².